The molecule has 2 aromatic heterocycles. The summed E-state index contributed by atoms with van der Waals surface area (Å²) in [5.41, 5.74) is 9.98. The number of aromatic nitrogens is 2. The van der Waals surface area contributed by atoms with Crippen molar-refractivity contribution in [1.82, 2.24) is 9.13 Å². The van der Waals surface area contributed by atoms with E-state index in [1.54, 1.807) is 18.7 Å². The fourth-order valence-electron chi connectivity index (χ4n) is 7.46. The van der Waals surface area contributed by atoms with E-state index in [9.17, 15) is 14.7 Å². The molecule has 10 heteroatoms. The van der Waals surface area contributed by atoms with E-state index in [4.69, 9.17) is 15.2 Å². The van der Waals surface area contributed by atoms with Crippen LogP contribution in [0.15, 0.2) is 36.4 Å². The first kappa shape index (κ1) is 28.7. The summed E-state index contributed by atoms with van der Waals surface area (Å²) in [4.78, 5) is 26.5. The molecule has 43 heavy (non-hydrogen) atoms. The number of esters is 1. The van der Waals surface area contributed by atoms with Gasteiger partial charge >= 0.3 is 5.97 Å². The normalized spacial score (nSPS) is 22.8. The summed E-state index contributed by atoms with van der Waals surface area (Å²) < 4.78 is 16.1. The molecule has 1 fully saturated rings. The minimum Gasteiger partial charge on any atom is -0.467 e. The molecular formula is C33H35N3O5S2. The molecule has 0 saturated carbocycles. The number of thioether (sulfide) groups is 2. The van der Waals surface area contributed by atoms with Crippen LogP contribution < -0.4 is 5.73 Å². The fourth-order valence-corrected chi connectivity index (χ4v) is 8.52. The van der Waals surface area contributed by atoms with Crippen LogP contribution in [0.25, 0.3) is 43.6 Å². The van der Waals surface area contributed by atoms with Gasteiger partial charge in [0, 0.05) is 45.8 Å². The monoisotopic (exact) mass is 617 g/mol. The minimum atomic E-state index is -1.98. The largest absolute Gasteiger partial charge is 0.467 e. The van der Waals surface area contributed by atoms with Crippen molar-refractivity contribution in [3.63, 3.8) is 0 Å². The lowest BCUT2D eigenvalue weighted by Gasteiger charge is -2.37. The lowest BCUT2D eigenvalue weighted by atomic mass is 9.88. The lowest BCUT2D eigenvalue weighted by molar-refractivity contribution is -0.202. The average molecular weight is 618 g/mol. The maximum Gasteiger partial charge on any atom is 0.343 e. The summed E-state index contributed by atoms with van der Waals surface area (Å²) >= 11 is 3.62. The molecule has 0 amide bonds. The number of hydrogen-bond acceptors (Lipinski definition) is 8. The number of fused-ring (bicyclic) bond motifs is 10. The van der Waals surface area contributed by atoms with Crippen molar-refractivity contribution in [3.05, 3.63) is 58.7 Å². The van der Waals surface area contributed by atoms with Crippen molar-refractivity contribution in [2.24, 2.45) is 5.73 Å². The maximum absolute atomic E-state index is 13.4. The molecule has 0 radical (unpaired) electrons. The van der Waals surface area contributed by atoms with Gasteiger partial charge in [0.2, 0.25) is 5.60 Å². The second kappa shape index (κ2) is 10.3. The molecule has 3 aromatic carbocycles. The third kappa shape index (κ3) is 3.70. The van der Waals surface area contributed by atoms with Gasteiger partial charge in [-0.2, -0.15) is 23.5 Å². The third-order valence-corrected chi connectivity index (χ3v) is 11.0. The zero-order valence-electron chi connectivity index (χ0n) is 24.7. The van der Waals surface area contributed by atoms with Crippen LogP contribution in [0.5, 0.6) is 0 Å². The maximum atomic E-state index is 13.4. The van der Waals surface area contributed by atoms with Crippen LogP contribution in [0.4, 0.5) is 0 Å². The average Bonchev–Trinajstić information content (AvgIpc) is 3.60. The van der Waals surface area contributed by atoms with Gasteiger partial charge in [-0.1, -0.05) is 19.1 Å². The number of methoxy groups -OCH3 is 1. The topological polar surface area (TPSA) is 109 Å². The first-order valence-corrected chi connectivity index (χ1v) is 17.1. The molecule has 1 saturated heterocycles. The number of ether oxygens (including phenoxy) is 2. The molecule has 2 aliphatic heterocycles. The highest BCUT2D eigenvalue weighted by molar-refractivity contribution is 7.98. The Balaban J connectivity index is 1.73. The van der Waals surface area contributed by atoms with Crippen LogP contribution in [0.3, 0.4) is 0 Å². The lowest BCUT2D eigenvalue weighted by Crippen LogP contribution is -2.56. The molecule has 7 rings (SSSR count). The number of benzene rings is 3. The fraction of sp³-hybridized carbons (Fsp3) is 0.394. The standard InChI is InChI=1S/C33H35N3O5S2/c1-5-43-17-19-7-8-24-20(13-19)28-23(16-37)22(15-34)27-21-12-18(10-11-42-4)6-9-25(21)36-30(27)29(28)35(24)26-14-33(39,31(38)40-3)32(36,2)41-26/h6-9,12-13,16,26,39H,5,10-11,14-15,17,34H2,1-4H3/t26?,32-,33-/m0/s1. The molecule has 2 aliphatic rings. The SMILES string of the molecule is CCSCc1ccc2c(c1)c1c(C=O)c(CN)c3c4cc(CCSC)ccc4n4c3c1n2C1C[C@](O)(C(=O)OC)[C@]4(C)O1. The number of aliphatic hydroxyl groups is 1. The molecule has 2 bridgehead atoms. The Kier molecular flexibility index (Phi) is 6.87. The molecule has 0 aliphatic carbocycles. The quantitative estimate of drug-likeness (QED) is 0.157. The Labute approximate surface area is 257 Å². The number of nitrogens with zero attached hydrogens (tertiary/aromatic N) is 2. The van der Waals surface area contributed by atoms with Crippen LogP contribution in [0.2, 0.25) is 0 Å². The van der Waals surface area contributed by atoms with Crippen LogP contribution in [-0.2, 0) is 38.7 Å². The molecule has 3 N–H and O–H groups in total. The predicted molar refractivity (Wildman–Crippen MR) is 175 cm³/mol. The number of hydrogen-bond donors (Lipinski definition) is 2. The van der Waals surface area contributed by atoms with Crippen LogP contribution in [-0.4, -0.2) is 57.0 Å². The van der Waals surface area contributed by atoms with Crippen molar-refractivity contribution >= 4 is 79.4 Å². The molecule has 1 unspecified atom stereocenters. The highest BCUT2D eigenvalue weighted by Crippen LogP contribution is 2.57. The molecule has 4 heterocycles. The van der Waals surface area contributed by atoms with Gasteiger partial charge in [0.1, 0.15) is 6.23 Å². The van der Waals surface area contributed by atoms with E-state index in [1.165, 1.54) is 7.11 Å². The second-order valence-corrected chi connectivity index (χ2v) is 13.8. The van der Waals surface area contributed by atoms with Gasteiger partial charge in [0.05, 0.1) is 29.2 Å². The number of nitrogens with two attached hydrogens (primary N) is 1. The number of carbonyl (C=O) groups is 2. The van der Waals surface area contributed by atoms with Gasteiger partial charge < -0.3 is 29.4 Å². The van der Waals surface area contributed by atoms with Crippen molar-refractivity contribution in [2.75, 3.05) is 24.9 Å². The smallest absolute Gasteiger partial charge is 0.343 e. The van der Waals surface area contributed by atoms with Crippen molar-refractivity contribution < 1.29 is 24.2 Å². The predicted octanol–water partition coefficient (Wildman–Crippen LogP) is 5.84. The van der Waals surface area contributed by atoms with Gasteiger partial charge in [-0.3, -0.25) is 4.79 Å². The molecule has 5 aromatic rings. The van der Waals surface area contributed by atoms with E-state index in [0.717, 1.165) is 90.3 Å². The minimum absolute atomic E-state index is 0.00995. The Bertz CT molecular complexity index is 1980. The van der Waals surface area contributed by atoms with Crippen LogP contribution >= 0.6 is 23.5 Å². The Morgan fingerprint density at radius 3 is 2.58 bits per heavy atom. The van der Waals surface area contributed by atoms with Crippen LogP contribution in [0, 0.1) is 0 Å². The highest BCUT2D eigenvalue weighted by atomic mass is 32.2. The summed E-state index contributed by atoms with van der Waals surface area (Å²) in [6.07, 6.45) is 3.21. The van der Waals surface area contributed by atoms with E-state index in [1.807, 2.05) is 22.4 Å². The van der Waals surface area contributed by atoms with Crippen molar-refractivity contribution in [3.8, 4) is 0 Å². The Hall–Kier alpha value is -3.02. The van der Waals surface area contributed by atoms with Crippen molar-refractivity contribution in [1.29, 1.82) is 0 Å². The number of aryl methyl sites for hydroxylation is 1. The first-order valence-electron chi connectivity index (χ1n) is 14.6. The van der Waals surface area contributed by atoms with Gasteiger partial charge in [-0.25, -0.2) is 4.79 Å². The number of carbonyl (C=O) groups excluding carboxylic acids is 2. The van der Waals surface area contributed by atoms with Gasteiger partial charge in [-0.05, 0) is 72.1 Å². The molecular weight excluding hydrogens is 583 g/mol. The summed E-state index contributed by atoms with van der Waals surface area (Å²) in [6, 6.07) is 12.6. The van der Waals surface area contributed by atoms with E-state index < -0.39 is 23.5 Å². The van der Waals surface area contributed by atoms with Gasteiger partial charge in [0.25, 0.3) is 0 Å². The van der Waals surface area contributed by atoms with Crippen LogP contribution in [0.1, 0.15) is 53.5 Å². The molecule has 8 nitrogen and oxygen atoms in total. The first-order chi connectivity index (χ1) is 20.8. The molecule has 224 valence electrons. The van der Waals surface area contributed by atoms with E-state index in [0.29, 0.717) is 5.56 Å². The summed E-state index contributed by atoms with van der Waals surface area (Å²) in [5, 5.41) is 15.8. The number of aldehydes is 1. The van der Waals surface area contributed by atoms with Crippen molar-refractivity contribution in [2.45, 2.75) is 56.5 Å². The summed E-state index contributed by atoms with van der Waals surface area (Å²) in [6.45, 7) is 4.05. The van der Waals surface area contributed by atoms with E-state index >= 15 is 0 Å². The molecule has 0 spiro atoms. The second-order valence-electron chi connectivity index (χ2n) is 11.6. The zero-order chi connectivity index (χ0) is 30.3. The van der Waals surface area contributed by atoms with Gasteiger partial charge in [0.15, 0.2) is 12.0 Å². The summed E-state index contributed by atoms with van der Waals surface area (Å²) in [7, 11) is 1.29. The summed E-state index contributed by atoms with van der Waals surface area (Å²) in [5.74, 6) is 2.06. The Morgan fingerprint density at radius 2 is 1.88 bits per heavy atom. The van der Waals surface area contributed by atoms with E-state index in [-0.39, 0.29) is 13.0 Å². The number of rotatable bonds is 9. The Morgan fingerprint density at radius 1 is 1.16 bits per heavy atom. The zero-order valence-corrected chi connectivity index (χ0v) is 26.4. The van der Waals surface area contributed by atoms with Gasteiger partial charge in [-0.15, -0.1) is 0 Å². The van der Waals surface area contributed by atoms with E-state index in [2.05, 4.69) is 48.1 Å². The third-order valence-electron chi connectivity index (χ3n) is 9.45. The molecule has 3 atom stereocenters. The highest BCUT2D eigenvalue weighted by Gasteiger charge is 2.65.